The van der Waals surface area contributed by atoms with Crippen molar-refractivity contribution in [2.24, 2.45) is 5.73 Å². The summed E-state index contributed by atoms with van der Waals surface area (Å²) in [5.74, 6) is -0.612. The van der Waals surface area contributed by atoms with E-state index >= 15 is 0 Å². The summed E-state index contributed by atoms with van der Waals surface area (Å²) in [5.41, 5.74) is 11.4. The van der Waals surface area contributed by atoms with Gasteiger partial charge >= 0.3 is 0 Å². The molecule has 0 aliphatic carbocycles. The van der Waals surface area contributed by atoms with Gasteiger partial charge in [0, 0.05) is 11.4 Å². The first-order valence-corrected chi connectivity index (χ1v) is 8.05. The summed E-state index contributed by atoms with van der Waals surface area (Å²) >= 11 is 6.19. The molecule has 2 aromatic rings. The highest BCUT2D eigenvalue weighted by Gasteiger charge is 2.18. The molecule has 0 saturated heterocycles. The summed E-state index contributed by atoms with van der Waals surface area (Å²) in [5, 5.41) is 12.8. The van der Waals surface area contributed by atoms with Crippen molar-refractivity contribution in [1.82, 2.24) is 0 Å². The third kappa shape index (κ3) is 3.12. The quantitative estimate of drug-likeness (QED) is 0.752. The van der Waals surface area contributed by atoms with Gasteiger partial charge in [0.25, 0.3) is 5.91 Å². The van der Waals surface area contributed by atoms with E-state index in [4.69, 9.17) is 16.7 Å². The van der Waals surface area contributed by atoms with E-state index in [0.29, 0.717) is 11.5 Å². The second-order valence-corrected chi connectivity index (χ2v) is 7.48. The Kier molecular flexibility index (Phi) is 4.65. The molecule has 0 spiro atoms. The van der Waals surface area contributed by atoms with Gasteiger partial charge in [0.15, 0.2) is 0 Å². The molecule has 0 atom stereocenters. The average Bonchev–Trinajstić information content (AvgIpc) is 2.94. The predicted octanol–water partition coefficient (Wildman–Crippen LogP) is 2.78. The summed E-state index contributed by atoms with van der Waals surface area (Å²) in [4.78, 5) is 12.7. The fourth-order valence-corrected chi connectivity index (χ4v) is 4.08. The number of rotatable bonds is 5. The van der Waals surface area contributed by atoms with E-state index < -0.39 is 5.91 Å². The molecule has 1 amide bonds. The number of carbonyl (C=O) groups excluding carboxylic acids is 1. The predicted molar refractivity (Wildman–Crippen MR) is 86.2 cm³/mol. The molecule has 5 nitrogen and oxygen atoms in total. The molecule has 0 fully saturated rings. The molecule has 0 bridgehead atoms. The van der Waals surface area contributed by atoms with Crippen LogP contribution in [0.1, 0.15) is 20.1 Å². The van der Waals surface area contributed by atoms with Gasteiger partial charge in [-0.05, 0) is 34.5 Å². The molecule has 2 rings (SSSR count). The molecule has 8 heteroatoms. The van der Waals surface area contributed by atoms with Crippen LogP contribution in [0.4, 0.5) is 10.7 Å². The molecular weight excluding hydrogens is 360 g/mol. The number of amides is 1. The van der Waals surface area contributed by atoms with Crippen LogP contribution in [0.2, 0.25) is 0 Å². The number of carbonyl (C=O) groups is 1. The number of nitrogens with two attached hydrogens (primary N) is 2. The summed E-state index contributed by atoms with van der Waals surface area (Å²) in [6.45, 7) is 0.653. The largest absolute Gasteiger partial charge is 0.396 e. The number of nitrogens with one attached hydrogen (secondary N) is 1. The first kappa shape index (κ1) is 14.8. The van der Waals surface area contributed by atoms with Crippen molar-refractivity contribution < 1.29 is 4.79 Å². The van der Waals surface area contributed by atoms with Gasteiger partial charge in [-0.25, -0.2) is 0 Å². The number of hydrogen-bond acceptors (Lipinski definition) is 6. The van der Waals surface area contributed by atoms with Crippen LogP contribution in [0.25, 0.3) is 0 Å². The monoisotopic (exact) mass is 370 g/mol. The molecule has 0 aromatic carbocycles. The molecule has 2 heterocycles. The van der Waals surface area contributed by atoms with Gasteiger partial charge in [-0.2, -0.15) is 5.26 Å². The van der Waals surface area contributed by atoms with Crippen LogP contribution >= 0.6 is 38.6 Å². The average molecular weight is 371 g/mol. The minimum Gasteiger partial charge on any atom is -0.396 e. The van der Waals surface area contributed by atoms with Crippen LogP contribution in [0.15, 0.2) is 15.9 Å². The molecular formula is C12H11BrN4OS2. The second kappa shape index (κ2) is 6.26. The van der Waals surface area contributed by atoms with E-state index in [2.05, 4.69) is 21.2 Å². The number of primary amides is 1. The third-order valence-electron chi connectivity index (χ3n) is 2.57. The van der Waals surface area contributed by atoms with Crippen LogP contribution in [0, 0.1) is 11.3 Å². The number of nitriles is 1. The smallest absolute Gasteiger partial charge is 0.261 e. The van der Waals surface area contributed by atoms with Gasteiger partial charge in [0.2, 0.25) is 0 Å². The van der Waals surface area contributed by atoms with E-state index in [-0.39, 0.29) is 16.1 Å². The fourth-order valence-electron chi connectivity index (χ4n) is 1.65. The number of halogens is 1. The maximum Gasteiger partial charge on any atom is 0.261 e. The lowest BCUT2D eigenvalue weighted by Gasteiger charge is -2.02. The second-order valence-electron chi connectivity index (χ2n) is 3.91. The Morgan fingerprint density at radius 1 is 1.45 bits per heavy atom. The molecule has 20 heavy (non-hydrogen) atoms. The first-order chi connectivity index (χ1) is 9.52. The minimum atomic E-state index is -0.612. The lowest BCUT2D eigenvalue weighted by molar-refractivity contribution is 0.100. The van der Waals surface area contributed by atoms with Crippen LogP contribution in [0.3, 0.4) is 0 Å². The summed E-state index contributed by atoms with van der Waals surface area (Å²) in [7, 11) is 0. The number of nitrogen functional groups attached to an aromatic ring is 1. The van der Waals surface area contributed by atoms with Gasteiger partial charge in [-0.3, -0.25) is 4.79 Å². The zero-order valence-corrected chi connectivity index (χ0v) is 13.5. The minimum absolute atomic E-state index is 0.159. The van der Waals surface area contributed by atoms with E-state index in [1.54, 1.807) is 11.3 Å². The molecule has 0 saturated carbocycles. The Labute approximate surface area is 132 Å². The maximum absolute atomic E-state index is 11.2. The van der Waals surface area contributed by atoms with Gasteiger partial charge in [0.05, 0.1) is 9.47 Å². The highest BCUT2D eigenvalue weighted by Crippen LogP contribution is 2.34. The molecule has 2 aromatic heterocycles. The molecule has 104 valence electrons. The lowest BCUT2D eigenvalue weighted by atomic mass is 10.2. The van der Waals surface area contributed by atoms with Crippen molar-refractivity contribution in [3.63, 3.8) is 0 Å². The molecule has 0 aliphatic heterocycles. The topological polar surface area (TPSA) is 105 Å². The number of nitrogens with zero attached hydrogens (tertiary/aromatic N) is 1. The number of anilines is 2. The molecule has 0 unspecified atom stereocenters. The normalized spacial score (nSPS) is 10.2. The Morgan fingerprint density at radius 2 is 2.20 bits per heavy atom. The van der Waals surface area contributed by atoms with Gasteiger partial charge in [-0.1, -0.05) is 0 Å². The Morgan fingerprint density at radius 3 is 2.75 bits per heavy atom. The standard InChI is InChI=1S/C12H11BrN4OS2/c13-8-2-1-6(19-8)3-4-17-12-7(5-14)9(15)10(20-12)11(16)18/h1-2,17H,3-4,15H2,(H2,16,18). The van der Waals surface area contributed by atoms with Crippen LogP contribution < -0.4 is 16.8 Å². The van der Waals surface area contributed by atoms with Gasteiger partial charge in [-0.15, -0.1) is 22.7 Å². The highest BCUT2D eigenvalue weighted by atomic mass is 79.9. The van der Waals surface area contributed by atoms with E-state index in [0.717, 1.165) is 21.5 Å². The van der Waals surface area contributed by atoms with Gasteiger partial charge in [0.1, 0.15) is 21.5 Å². The van der Waals surface area contributed by atoms with Crippen molar-refractivity contribution in [1.29, 1.82) is 5.26 Å². The SMILES string of the molecule is N#Cc1c(NCCc2ccc(Br)s2)sc(C(N)=O)c1N. The zero-order chi connectivity index (χ0) is 14.7. The number of thiophene rings is 2. The van der Waals surface area contributed by atoms with E-state index in [9.17, 15) is 4.79 Å². The zero-order valence-electron chi connectivity index (χ0n) is 10.3. The van der Waals surface area contributed by atoms with Crippen LogP contribution in [-0.2, 0) is 6.42 Å². The van der Waals surface area contributed by atoms with Crippen LogP contribution in [0.5, 0.6) is 0 Å². The Balaban J connectivity index is 2.08. The molecule has 0 radical (unpaired) electrons. The van der Waals surface area contributed by atoms with Gasteiger partial charge < -0.3 is 16.8 Å². The summed E-state index contributed by atoms with van der Waals surface area (Å²) in [6, 6.07) is 6.04. The fraction of sp³-hybridized carbons (Fsp3) is 0.167. The van der Waals surface area contributed by atoms with Crippen molar-refractivity contribution in [2.75, 3.05) is 17.6 Å². The maximum atomic E-state index is 11.2. The van der Waals surface area contributed by atoms with Crippen molar-refractivity contribution >= 4 is 55.2 Å². The Hall–Kier alpha value is -1.56. The number of hydrogen-bond donors (Lipinski definition) is 3. The van der Waals surface area contributed by atoms with Crippen molar-refractivity contribution in [3.05, 3.63) is 31.2 Å². The Bertz CT molecular complexity index is 686. The van der Waals surface area contributed by atoms with Crippen LogP contribution in [-0.4, -0.2) is 12.5 Å². The van der Waals surface area contributed by atoms with Crippen molar-refractivity contribution in [3.8, 4) is 6.07 Å². The van der Waals surface area contributed by atoms with Crippen molar-refractivity contribution in [2.45, 2.75) is 6.42 Å². The first-order valence-electron chi connectivity index (χ1n) is 5.63. The van der Waals surface area contributed by atoms with E-state index in [1.807, 2.05) is 18.2 Å². The molecule has 5 N–H and O–H groups in total. The summed E-state index contributed by atoms with van der Waals surface area (Å²) in [6.07, 6.45) is 0.824. The summed E-state index contributed by atoms with van der Waals surface area (Å²) < 4.78 is 1.08. The third-order valence-corrected chi connectivity index (χ3v) is 5.43. The molecule has 0 aliphatic rings. The lowest BCUT2D eigenvalue weighted by Crippen LogP contribution is -2.10. The van der Waals surface area contributed by atoms with E-state index in [1.165, 1.54) is 4.88 Å². The highest BCUT2D eigenvalue weighted by molar-refractivity contribution is 9.11.